The Morgan fingerprint density at radius 3 is 1.67 bits per heavy atom. The fourth-order valence-corrected chi connectivity index (χ4v) is 3.80. The number of rotatable bonds is 3. The van der Waals surface area contributed by atoms with Gasteiger partial charge in [0.05, 0.1) is 12.8 Å². The lowest BCUT2D eigenvalue weighted by atomic mass is 9.86. The van der Waals surface area contributed by atoms with Gasteiger partial charge in [0.1, 0.15) is 0 Å². The highest BCUT2D eigenvalue weighted by Gasteiger charge is 2.21. The summed E-state index contributed by atoms with van der Waals surface area (Å²) in [6, 6.07) is 17.6. The van der Waals surface area contributed by atoms with Gasteiger partial charge in [-0.2, -0.15) is 0 Å². The molecule has 4 rings (SSSR count). The molecule has 156 valence electrons. The van der Waals surface area contributed by atoms with Crippen LogP contribution in [0.25, 0.3) is 17.7 Å². The summed E-state index contributed by atoms with van der Waals surface area (Å²) in [5.41, 5.74) is 8.54. The third-order valence-electron chi connectivity index (χ3n) is 5.40. The Bertz CT molecular complexity index is 915. The summed E-state index contributed by atoms with van der Waals surface area (Å²) in [4.78, 5) is 21.7. The summed E-state index contributed by atoms with van der Waals surface area (Å²) >= 11 is 0. The maximum absolute atomic E-state index is 9.64. The maximum Gasteiger partial charge on any atom is 0.303 e. The lowest BCUT2D eigenvalue weighted by Gasteiger charge is -2.27. The van der Waals surface area contributed by atoms with Gasteiger partial charge in [-0.25, -0.2) is 0 Å². The molecule has 1 saturated heterocycles. The maximum atomic E-state index is 9.64. The molecule has 1 fully saturated rings. The summed E-state index contributed by atoms with van der Waals surface area (Å²) in [7, 11) is 2.22. The Morgan fingerprint density at radius 2 is 1.23 bits per heavy atom. The third kappa shape index (κ3) is 5.45. The monoisotopic (exact) mass is 405 g/mol. The molecule has 1 heterocycles. The molecule has 0 radical (unpaired) electrons. The van der Waals surface area contributed by atoms with E-state index in [4.69, 9.17) is 10.2 Å². The molecule has 5 heteroatoms. The van der Waals surface area contributed by atoms with Gasteiger partial charge in [0.25, 0.3) is 0 Å². The van der Waals surface area contributed by atoms with Crippen molar-refractivity contribution in [3.05, 3.63) is 76.4 Å². The predicted molar refractivity (Wildman–Crippen MR) is 119 cm³/mol. The molecule has 0 saturated carbocycles. The van der Waals surface area contributed by atoms with Gasteiger partial charge in [-0.1, -0.05) is 66.3 Å². The van der Waals surface area contributed by atoms with E-state index in [-0.39, 0.29) is 12.8 Å². The number of hydrogen-bond acceptors (Lipinski definition) is 3. The fourth-order valence-electron chi connectivity index (χ4n) is 3.80. The molecule has 0 amide bonds. The van der Waals surface area contributed by atoms with Crippen molar-refractivity contribution in [1.82, 2.24) is 4.90 Å². The Labute approximate surface area is 177 Å². The molecule has 2 N–H and O–H groups in total. The van der Waals surface area contributed by atoms with E-state index in [1.165, 1.54) is 40.7 Å². The number of likely N-dealkylation sites (tertiary alicyclic amines) is 1. The first-order chi connectivity index (χ1) is 14.5. The zero-order valence-corrected chi connectivity index (χ0v) is 17.2. The molecule has 30 heavy (non-hydrogen) atoms. The van der Waals surface area contributed by atoms with Gasteiger partial charge in [-0.05, 0) is 47.7 Å². The van der Waals surface area contributed by atoms with Gasteiger partial charge in [0.2, 0.25) is 0 Å². The second-order valence-corrected chi connectivity index (χ2v) is 7.58. The van der Waals surface area contributed by atoms with Crippen molar-refractivity contribution in [2.24, 2.45) is 0 Å². The van der Waals surface area contributed by atoms with Crippen LogP contribution in [0, 0.1) is 0 Å². The molecular formula is C25H27NO4. The number of fused-ring (bicyclic) bond motifs is 2. The molecule has 2 aromatic carbocycles. The summed E-state index contributed by atoms with van der Waals surface area (Å²) in [6.45, 7) is 2.33. The van der Waals surface area contributed by atoms with Crippen molar-refractivity contribution in [2.75, 3.05) is 20.1 Å². The molecule has 0 unspecified atom stereocenters. The smallest absolute Gasteiger partial charge is 0.303 e. The molecule has 0 aromatic heterocycles. The molecule has 0 bridgehead atoms. The van der Waals surface area contributed by atoms with Crippen molar-refractivity contribution < 1.29 is 19.8 Å². The van der Waals surface area contributed by atoms with E-state index in [0.29, 0.717) is 0 Å². The number of piperidine rings is 1. The van der Waals surface area contributed by atoms with Crippen LogP contribution < -0.4 is 0 Å². The molecule has 2 aromatic rings. The molecule has 2 aliphatic rings. The average Bonchev–Trinajstić information content (AvgIpc) is 2.90. The molecule has 1 aliphatic heterocycles. The number of carboxylic acids is 2. The minimum atomic E-state index is -1.08. The van der Waals surface area contributed by atoms with Crippen LogP contribution in [0.1, 0.15) is 47.9 Å². The van der Waals surface area contributed by atoms with Crippen LogP contribution in [0.5, 0.6) is 0 Å². The van der Waals surface area contributed by atoms with Gasteiger partial charge in [0, 0.05) is 13.1 Å². The SMILES string of the molecule is CN1CCC(=C2c3ccccc3C=Cc3ccccc32)CC1.O=C(O)CCC(=O)O. The standard InChI is InChI=1S/C21H21N.C4H6O4/c1-22-14-12-18(13-15-22)21-19-8-4-2-6-16(19)10-11-17-7-3-5-9-20(17)21;5-3(6)1-2-4(7)8/h2-11H,12-15H2,1H3;1-2H2,(H,5,6)(H,7,8). The normalized spacial score (nSPS) is 15.4. The summed E-state index contributed by atoms with van der Waals surface area (Å²) in [6.07, 6.45) is 6.28. The summed E-state index contributed by atoms with van der Waals surface area (Å²) in [5.74, 6) is -2.15. The van der Waals surface area contributed by atoms with E-state index in [0.717, 1.165) is 13.1 Å². The lowest BCUT2D eigenvalue weighted by molar-refractivity contribution is -0.143. The minimum Gasteiger partial charge on any atom is -0.481 e. The molecular weight excluding hydrogens is 378 g/mol. The van der Waals surface area contributed by atoms with Gasteiger partial charge < -0.3 is 15.1 Å². The Balaban J connectivity index is 0.000000275. The van der Waals surface area contributed by atoms with Crippen molar-refractivity contribution in [2.45, 2.75) is 25.7 Å². The van der Waals surface area contributed by atoms with E-state index in [1.54, 1.807) is 5.57 Å². The number of aliphatic carboxylic acids is 2. The van der Waals surface area contributed by atoms with Crippen molar-refractivity contribution in [3.63, 3.8) is 0 Å². The van der Waals surface area contributed by atoms with Crippen molar-refractivity contribution >= 4 is 29.7 Å². The van der Waals surface area contributed by atoms with E-state index in [2.05, 4.69) is 72.6 Å². The van der Waals surface area contributed by atoms with Crippen LogP contribution in [-0.4, -0.2) is 47.2 Å². The highest BCUT2D eigenvalue weighted by atomic mass is 16.4. The highest BCUT2D eigenvalue weighted by molar-refractivity contribution is 5.94. The summed E-state index contributed by atoms with van der Waals surface area (Å²) < 4.78 is 0. The molecule has 5 nitrogen and oxygen atoms in total. The Kier molecular flexibility index (Phi) is 7.20. The first-order valence-electron chi connectivity index (χ1n) is 10.2. The number of nitrogens with zero attached hydrogens (tertiary/aromatic N) is 1. The van der Waals surface area contributed by atoms with Gasteiger partial charge in [-0.3, -0.25) is 9.59 Å². The van der Waals surface area contributed by atoms with Crippen molar-refractivity contribution in [1.29, 1.82) is 0 Å². The number of hydrogen-bond donors (Lipinski definition) is 2. The van der Waals surface area contributed by atoms with Gasteiger partial charge in [-0.15, -0.1) is 0 Å². The van der Waals surface area contributed by atoms with E-state index in [9.17, 15) is 9.59 Å². The van der Waals surface area contributed by atoms with Crippen molar-refractivity contribution in [3.8, 4) is 0 Å². The van der Waals surface area contributed by atoms with Crippen LogP contribution in [0.4, 0.5) is 0 Å². The first kappa shape index (κ1) is 21.5. The quantitative estimate of drug-likeness (QED) is 0.664. The first-order valence-corrected chi connectivity index (χ1v) is 10.2. The van der Waals surface area contributed by atoms with Crippen LogP contribution in [0.3, 0.4) is 0 Å². The number of carbonyl (C=O) groups is 2. The Hall–Kier alpha value is -3.18. The lowest BCUT2D eigenvalue weighted by Crippen LogP contribution is -2.27. The van der Waals surface area contributed by atoms with Crippen LogP contribution in [0.2, 0.25) is 0 Å². The van der Waals surface area contributed by atoms with E-state index >= 15 is 0 Å². The predicted octanol–water partition coefficient (Wildman–Crippen LogP) is 4.63. The Morgan fingerprint density at radius 1 is 0.800 bits per heavy atom. The number of carboxylic acid groups (broad SMARTS) is 2. The van der Waals surface area contributed by atoms with Crippen LogP contribution >= 0.6 is 0 Å². The number of benzene rings is 2. The van der Waals surface area contributed by atoms with E-state index < -0.39 is 11.9 Å². The van der Waals surface area contributed by atoms with Crippen LogP contribution in [0.15, 0.2) is 54.1 Å². The largest absolute Gasteiger partial charge is 0.481 e. The van der Waals surface area contributed by atoms with Gasteiger partial charge >= 0.3 is 11.9 Å². The minimum absolute atomic E-state index is 0.296. The molecule has 0 atom stereocenters. The zero-order valence-electron chi connectivity index (χ0n) is 17.2. The van der Waals surface area contributed by atoms with Crippen LogP contribution in [-0.2, 0) is 9.59 Å². The summed E-state index contributed by atoms with van der Waals surface area (Å²) in [5, 5.41) is 15.8. The third-order valence-corrected chi connectivity index (χ3v) is 5.40. The fraction of sp³-hybridized carbons (Fsp3) is 0.280. The average molecular weight is 405 g/mol. The van der Waals surface area contributed by atoms with Gasteiger partial charge in [0.15, 0.2) is 0 Å². The van der Waals surface area contributed by atoms with E-state index in [1.807, 2.05) is 0 Å². The second kappa shape index (κ2) is 10.0. The second-order valence-electron chi connectivity index (χ2n) is 7.58. The highest BCUT2D eigenvalue weighted by Crippen LogP contribution is 2.38. The molecule has 1 aliphatic carbocycles. The zero-order chi connectivity index (χ0) is 21.5. The molecule has 0 spiro atoms. The topological polar surface area (TPSA) is 77.8 Å².